The van der Waals surface area contributed by atoms with Crippen molar-refractivity contribution < 1.29 is 4.74 Å². The van der Waals surface area contributed by atoms with Crippen molar-refractivity contribution in [1.82, 2.24) is 5.32 Å². The van der Waals surface area contributed by atoms with E-state index in [0.29, 0.717) is 6.10 Å². The van der Waals surface area contributed by atoms with E-state index in [4.69, 9.17) is 4.74 Å². The van der Waals surface area contributed by atoms with Crippen molar-refractivity contribution in [3.63, 3.8) is 0 Å². The van der Waals surface area contributed by atoms with Crippen molar-refractivity contribution in [3.8, 4) is 0 Å². The van der Waals surface area contributed by atoms with Crippen molar-refractivity contribution in [2.75, 3.05) is 13.2 Å². The molecule has 18 heavy (non-hydrogen) atoms. The molecule has 1 atom stereocenters. The molecule has 0 amide bonds. The number of benzene rings is 1. The first kappa shape index (κ1) is 13.6. The molecule has 2 rings (SSSR count). The highest BCUT2D eigenvalue weighted by Crippen LogP contribution is 2.15. The van der Waals surface area contributed by atoms with E-state index in [1.54, 1.807) is 0 Å². The zero-order chi connectivity index (χ0) is 12.8. The molecule has 1 fully saturated rings. The number of hydrogen-bond acceptors (Lipinski definition) is 2. The Labute approximate surface area is 111 Å². The van der Waals surface area contributed by atoms with E-state index in [-0.39, 0.29) is 0 Å². The van der Waals surface area contributed by atoms with Crippen LogP contribution in [0.2, 0.25) is 0 Å². The summed E-state index contributed by atoms with van der Waals surface area (Å²) in [6.45, 7) is 7.37. The van der Waals surface area contributed by atoms with Crippen LogP contribution in [-0.4, -0.2) is 19.3 Å². The molecule has 2 nitrogen and oxygen atoms in total. The van der Waals surface area contributed by atoms with Gasteiger partial charge in [0.25, 0.3) is 0 Å². The molecule has 0 aliphatic carbocycles. The minimum atomic E-state index is 0.490. The van der Waals surface area contributed by atoms with Gasteiger partial charge in [-0.05, 0) is 62.8 Å². The summed E-state index contributed by atoms with van der Waals surface area (Å²) in [4.78, 5) is 0. The van der Waals surface area contributed by atoms with E-state index in [1.807, 2.05) is 0 Å². The predicted molar refractivity (Wildman–Crippen MR) is 75.8 cm³/mol. The summed E-state index contributed by atoms with van der Waals surface area (Å²) in [5.74, 6) is 0. The summed E-state index contributed by atoms with van der Waals surface area (Å²) in [6.07, 6.45) is 5.45. The average molecular weight is 247 g/mol. The summed E-state index contributed by atoms with van der Waals surface area (Å²) in [6, 6.07) is 6.51. The molecule has 0 bridgehead atoms. The minimum Gasteiger partial charge on any atom is -0.378 e. The maximum atomic E-state index is 5.74. The molecular formula is C16H25NO. The predicted octanol–water partition coefficient (Wildman–Crippen LogP) is 3.35. The quantitative estimate of drug-likeness (QED) is 0.806. The maximum Gasteiger partial charge on any atom is 0.0587 e. The monoisotopic (exact) mass is 247 g/mol. The number of nitrogens with one attached hydrogen (secondary N) is 1. The van der Waals surface area contributed by atoms with Gasteiger partial charge >= 0.3 is 0 Å². The molecule has 0 saturated carbocycles. The van der Waals surface area contributed by atoms with Gasteiger partial charge in [0.1, 0.15) is 0 Å². The fourth-order valence-corrected chi connectivity index (χ4v) is 2.64. The van der Waals surface area contributed by atoms with E-state index in [9.17, 15) is 0 Å². The normalized spacial score (nSPS) is 20.0. The van der Waals surface area contributed by atoms with Crippen LogP contribution < -0.4 is 5.32 Å². The van der Waals surface area contributed by atoms with Crippen LogP contribution in [0.15, 0.2) is 18.2 Å². The van der Waals surface area contributed by atoms with Crippen LogP contribution in [0.1, 0.15) is 42.4 Å². The summed E-state index contributed by atoms with van der Waals surface area (Å²) in [5, 5.41) is 3.55. The van der Waals surface area contributed by atoms with Gasteiger partial charge in [-0.15, -0.1) is 0 Å². The van der Waals surface area contributed by atoms with E-state index < -0.39 is 0 Å². The van der Waals surface area contributed by atoms with Gasteiger partial charge in [0, 0.05) is 13.2 Å². The van der Waals surface area contributed by atoms with Crippen molar-refractivity contribution in [1.29, 1.82) is 0 Å². The van der Waals surface area contributed by atoms with Crippen LogP contribution in [0.5, 0.6) is 0 Å². The molecule has 0 radical (unpaired) electrons. The molecular weight excluding hydrogens is 222 g/mol. The van der Waals surface area contributed by atoms with Gasteiger partial charge in [-0.25, -0.2) is 0 Å². The van der Waals surface area contributed by atoms with Gasteiger partial charge in [0.15, 0.2) is 0 Å². The number of rotatable bonds is 5. The van der Waals surface area contributed by atoms with Gasteiger partial charge in [-0.1, -0.05) is 18.2 Å². The minimum absolute atomic E-state index is 0.490. The largest absolute Gasteiger partial charge is 0.378 e. The second-order valence-electron chi connectivity index (χ2n) is 5.32. The molecule has 1 N–H and O–H groups in total. The topological polar surface area (TPSA) is 21.3 Å². The second kappa shape index (κ2) is 6.91. The van der Waals surface area contributed by atoms with Gasteiger partial charge < -0.3 is 10.1 Å². The van der Waals surface area contributed by atoms with Crippen LogP contribution in [0, 0.1) is 13.8 Å². The number of aryl methyl sites for hydroxylation is 2. The van der Waals surface area contributed by atoms with E-state index in [2.05, 4.69) is 37.4 Å². The first-order chi connectivity index (χ1) is 8.77. The van der Waals surface area contributed by atoms with Crippen molar-refractivity contribution in [2.45, 2.75) is 52.2 Å². The first-order valence-corrected chi connectivity index (χ1v) is 7.15. The van der Waals surface area contributed by atoms with Crippen molar-refractivity contribution in [3.05, 3.63) is 34.9 Å². The lowest BCUT2D eigenvalue weighted by atomic mass is 10.0. The molecule has 0 spiro atoms. The Morgan fingerprint density at radius 3 is 2.67 bits per heavy atom. The number of ether oxygens (including phenoxy) is 1. The first-order valence-electron chi connectivity index (χ1n) is 7.15. The second-order valence-corrected chi connectivity index (χ2v) is 5.32. The summed E-state index contributed by atoms with van der Waals surface area (Å²) in [7, 11) is 0. The average Bonchev–Trinajstić information content (AvgIpc) is 2.38. The molecule has 2 heteroatoms. The highest BCUT2D eigenvalue weighted by atomic mass is 16.5. The molecule has 1 aliphatic rings. The zero-order valence-electron chi connectivity index (χ0n) is 11.7. The molecule has 1 aromatic rings. The third-order valence-corrected chi connectivity index (χ3v) is 3.86. The van der Waals surface area contributed by atoms with Gasteiger partial charge in [-0.2, -0.15) is 0 Å². The standard InChI is InChI=1S/C16H25NO/c1-13-6-5-7-14(2)16(13)12-17-10-9-15-8-3-4-11-18-15/h5-7,15,17H,3-4,8-12H2,1-2H3. The molecule has 1 unspecified atom stereocenters. The Morgan fingerprint density at radius 1 is 1.22 bits per heavy atom. The fourth-order valence-electron chi connectivity index (χ4n) is 2.64. The Hall–Kier alpha value is -0.860. The highest BCUT2D eigenvalue weighted by Gasteiger charge is 2.12. The molecule has 0 aromatic heterocycles. The molecule has 100 valence electrons. The van der Waals surface area contributed by atoms with Crippen LogP contribution in [-0.2, 0) is 11.3 Å². The van der Waals surface area contributed by atoms with Crippen LogP contribution >= 0.6 is 0 Å². The van der Waals surface area contributed by atoms with E-state index >= 15 is 0 Å². The van der Waals surface area contributed by atoms with E-state index in [1.165, 1.54) is 36.0 Å². The SMILES string of the molecule is Cc1cccc(C)c1CNCCC1CCCCO1. The van der Waals surface area contributed by atoms with Crippen LogP contribution in [0.4, 0.5) is 0 Å². The molecule has 1 aliphatic heterocycles. The van der Waals surface area contributed by atoms with Crippen LogP contribution in [0.25, 0.3) is 0 Å². The van der Waals surface area contributed by atoms with Crippen LogP contribution in [0.3, 0.4) is 0 Å². The van der Waals surface area contributed by atoms with Gasteiger partial charge in [-0.3, -0.25) is 0 Å². The number of hydrogen-bond donors (Lipinski definition) is 1. The lowest BCUT2D eigenvalue weighted by Crippen LogP contribution is -2.25. The van der Waals surface area contributed by atoms with Crippen molar-refractivity contribution >= 4 is 0 Å². The van der Waals surface area contributed by atoms with E-state index in [0.717, 1.165) is 26.1 Å². The van der Waals surface area contributed by atoms with Gasteiger partial charge in [0.2, 0.25) is 0 Å². The highest BCUT2D eigenvalue weighted by molar-refractivity contribution is 5.33. The van der Waals surface area contributed by atoms with Crippen molar-refractivity contribution in [2.24, 2.45) is 0 Å². The third-order valence-electron chi connectivity index (χ3n) is 3.86. The summed E-state index contributed by atoms with van der Waals surface area (Å²) < 4.78 is 5.74. The summed E-state index contributed by atoms with van der Waals surface area (Å²) >= 11 is 0. The molecule has 1 aromatic carbocycles. The third kappa shape index (κ3) is 3.82. The fraction of sp³-hybridized carbons (Fsp3) is 0.625. The Morgan fingerprint density at radius 2 is 2.00 bits per heavy atom. The maximum absolute atomic E-state index is 5.74. The summed E-state index contributed by atoms with van der Waals surface area (Å²) in [5.41, 5.74) is 4.22. The van der Waals surface area contributed by atoms with Gasteiger partial charge in [0.05, 0.1) is 6.10 Å². The zero-order valence-corrected chi connectivity index (χ0v) is 11.7. The molecule has 1 saturated heterocycles. The molecule has 1 heterocycles. The Bertz CT molecular complexity index is 349. The lowest BCUT2D eigenvalue weighted by Gasteiger charge is -2.22. The lowest BCUT2D eigenvalue weighted by molar-refractivity contribution is 0.0115. The Kier molecular flexibility index (Phi) is 5.21. The smallest absolute Gasteiger partial charge is 0.0587 e. The Balaban J connectivity index is 1.71.